The van der Waals surface area contributed by atoms with Gasteiger partial charge in [0, 0.05) is 6.04 Å². The molecule has 1 aliphatic heterocycles. The Hall–Kier alpha value is -1.30. The summed E-state index contributed by atoms with van der Waals surface area (Å²) in [6, 6.07) is 11.4. The molecule has 1 aliphatic rings. The molecule has 1 fully saturated rings. The van der Waals surface area contributed by atoms with Crippen LogP contribution in [0, 0.1) is 12.3 Å². The van der Waals surface area contributed by atoms with Crippen LogP contribution in [0.4, 0.5) is 0 Å². The predicted molar refractivity (Wildman–Crippen MR) is 85.7 cm³/mol. The highest BCUT2D eigenvalue weighted by molar-refractivity contribution is 5.14. The van der Waals surface area contributed by atoms with Crippen molar-refractivity contribution < 1.29 is 0 Å². The van der Waals surface area contributed by atoms with Gasteiger partial charge in [0.25, 0.3) is 0 Å². The Morgan fingerprint density at radius 3 is 2.60 bits per heavy atom. The maximum absolute atomic E-state index is 5.28. The quantitative estimate of drug-likeness (QED) is 0.605. The van der Waals surface area contributed by atoms with E-state index in [1.54, 1.807) is 0 Å². The summed E-state index contributed by atoms with van der Waals surface area (Å²) in [5.74, 6) is 2.66. The van der Waals surface area contributed by atoms with Crippen LogP contribution in [0.2, 0.25) is 0 Å². The summed E-state index contributed by atoms with van der Waals surface area (Å²) in [7, 11) is 0. The third-order valence-electron chi connectivity index (χ3n) is 4.11. The topological polar surface area (TPSA) is 15.3 Å². The van der Waals surface area contributed by atoms with Crippen molar-refractivity contribution in [1.82, 2.24) is 10.2 Å². The second kappa shape index (κ2) is 8.79. The van der Waals surface area contributed by atoms with Crippen molar-refractivity contribution in [3.63, 3.8) is 0 Å². The molecule has 2 heteroatoms. The molecule has 1 aromatic carbocycles. The van der Waals surface area contributed by atoms with E-state index in [4.69, 9.17) is 6.42 Å². The summed E-state index contributed by atoms with van der Waals surface area (Å²) in [6.45, 7) is 4.39. The number of hydrogen-bond acceptors (Lipinski definition) is 2. The van der Waals surface area contributed by atoms with Gasteiger partial charge in [-0.15, -0.1) is 6.42 Å². The number of rotatable bonds is 7. The second-order valence-electron chi connectivity index (χ2n) is 5.64. The van der Waals surface area contributed by atoms with Gasteiger partial charge in [-0.05, 0) is 57.3 Å². The molecule has 0 unspecified atom stereocenters. The van der Waals surface area contributed by atoms with E-state index in [1.165, 1.54) is 57.3 Å². The van der Waals surface area contributed by atoms with E-state index < -0.39 is 0 Å². The molecular weight excluding hydrogens is 244 g/mol. The van der Waals surface area contributed by atoms with Crippen LogP contribution in [0.15, 0.2) is 30.3 Å². The van der Waals surface area contributed by atoms with Gasteiger partial charge < -0.3 is 10.2 Å². The van der Waals surface area contributed by atoms with Crippen LogP contribution in [0.25, 0.3) is 0 Å². The molecular formula is C18H26N2. The van der Waals surface area contributed by atoms with Crippen molar-refractivity contribution in [2.24, 2.45) is 0 Å². The average Bonchev–Trinajstić information content (AvgIpc) is 2.52. The normalized spacial score (nSPS) is 16.9. The first-order valence-electron chi connectivity index (χ1n) is 7.81. The van der Waals surface area contributed by atoms with Gasteiger partial charge in [-0.2, -0.15) is 0 Å². The summed E-state index contributed by atoms with van der Waals surface area (Å²) >= 11 is 0. The van der Waals surface area contributed by atoms with Crippen molar-refractivity contribution in [1.29, 1.82) is 0 Å². The summed E-state index contributed by atoms with van der Waals surface area (Å²) < 4.78 is 0. The third-order valence-corrected chi connectivity index (χ3v) is 4.11. The molecule has 20 heavy (non-hydrogen) atoms. The van der Waals surface area contributed by atoms with Crippen LogP contribution >= 0.6 is 0 Å². The standard InChI is InChI=1S/C18H26N2/c1-2-13-19-18-11-15-20(16-12-18)14-7-6-10-17-8-4-3-5-9-17/h1,3-5,8-9,18-19H,6-7,10-16H2. The lowest BCUT2D eigenvalue weighted by molar-refractivity contribution is 0.197. The molecule has 1 aromatic rings. The zero-order chi connectivity index (χ0) is 14.0. The Kier molecular flexibility index (Phi) is 6.63. The molecule has 0 saturated carbocycles. The molecule has 0 spiro atoms. The van der Waals surface area contributed by atoms with Gasteiger partial charge in [0.1, 0.15) is 0 Å². The lowest BCUT2D eigenvalue weighted by Crippen LogP contribution is -2.42. The van der Waals surface area contributed by atoms with Gasteiger partial charge in [-0.25, -0.2) is 0 Å². The molecule has 108 valence electrons. The van der Waals surface area contributed by atoms with Crippen LogP contribution in [-0.4, -0.2) is 37.1 Å². The van der Waals surface area contributed by atoms with Crippen LogP contribution < -0.4 is 5.32 Å². The van der Waals surface area contributed by atoms with E-state index in [0.29, 0.717) is 12.6 Å². The lowest BCUT2D eigenvalue weighted by Gasteiger charge is -2.32. The highest BCUT2D eigenvalue weighted by Gasteiger charge is 2.17. The molecule has 1 N–H and O–H groups in total. The van der Waals surface area contributed by atoms with Gasteiger partial charge in [-0.3, -0.25) is 0 Å². The van der Waals surface area contributed by atoms with Crippen molar-refractivity contribution in [2.45, 2.75) is 38.1 Å². The Morgan fingerprint density at radius 1 is 1.15 bits per heavy atom. The average molecular weight is 270 g/mol. The molecule has 0 atom stereocenters. The van der Waals surface area contributed by atoms with Crippen LogP contribution in [0.3, 0.4) is 0 Å². The van der Waals surface area contributed by atoms with Crippen LogP contribution in [-0.2, 0) is 6.42 Å². The highest BCUT2D eigenvalue weighted by Crippen LogP contribution is 2.12. The maximum atomic E-state index is 5.28. The zero-order valence-electron chi connectivity index (χ0n) is 12.4. The number of likely N-dealkylation sites (tertiary alicyclic amines) is 1. The monoisotopic (exact) mass is 270 g/mol. The number of aryl methyl sites for hydroxylation is 1. The fourth-order valence-electron chi connectivity index (χ4n) is 2.87. The van der Waals surface area contributed by atoms with E-state index in [0.717, 1.165) is 0 Å². The Balaban J connectivity index is 1.54. The lowest BCUT2D eigenvalue weighted by atomic mass is 10.0. The van der Waals surface area contributed by atoms with E-state index in [2.05, 4.69) is 46.5 Å². The van der Waals surface area contributed by atoms with Crippen molar-refractivity contribution in [2.75, 3.05) is 26.2 Å². The molecule has 0 bridgehead atoms. The van der Waals surface area contributed by atoms with Crippen LogP contribution in [0.5, 0.6) is 0 Å². The first kappa shape index (κ1) is 15.1. The number of nitrogens with one attached hydrogen (secondary N) is 1. The molecule has 0 aliphatic carbocycles. The number of piperidine rings is 1. The molecule has 0 radical (unpaired) electrons. The number of unbranched alkanes of at least 4 members (excludes halogenated alkanes) is 1. The molecule has 2 rings (SSSR count). The largest absolute Gasteiger partial charge is 0.303 e. The molecule has 0 amide bonds. The minimum Gasteiger partial charge on any atom is -0.303 e. The zero-order valence-corrected chi connectivity index (χ0v) is 12.4. The molecule has 2 nitrogen and oxygen atoms in total. The van der Waals surface area contributed by atoms with Crippen molar-refractivity contribution >= 4 is 0 Å². The smallest absolute Gasteiger partial charge is 0.0575 e. The number of hydrogen-bond donors (Lipinski definition) is 1. The SMILES string of the molecule is C#CCNC1CCN(CCCCc2ccccc2)CC1. The van der Waals surface area contributed by atoms with Gasteiger partial charge in [0.2, 0.25) is 0 Å². The number of terminal acetylenes is 1. The maximum Gasteiger partial charge on any atom is 0.0575 e. The Labute approximate surface area is 123 Å². The summed E-state index contributed by atoms with van der Waals surface area (Å²) in [4.78, 5) is 2.60. The van der Waals surface area contributed by atoms with Crippen molar-refractivity contribution in [3.8, 4) is 12.3 Å². The fourth-order valence-corrected chi connectivity index (χ4v) is 2.87. The number of nitrogens with zero attached hydrogens (tertiary/aromatic N) is 1. The third kappa shape index (κ3) is 5.36. The van der Waals surface area contributed by atoms with E-state index in [1.807, 2.05) is 0 Å². The minimum atomic E-state index is 0.631. The van der Waals surface area contributed by atoms with E-state index >= 15 is 0 Å². The first-order valence-corrected chi connectivity index (χ1v) is 7.81. The molecule has 0 aromatic heterocycles. The second-order valence-corrected chi connectivity index (χ2v) is 5.64. The van der Waals surface area contributed by atoms with Crippen LogP contribution in [0.1, 0.15) is 31.2 Å². The predicted octanol–water partition coefficient (Wildman–Crippen LogP) is 2.70. The van der Waals surface area contributed by atoms with E-state index in [-0.39, 0.29) is 0 Å². The molecule has 1 saturated heterocycles. The number of benzene rings is 1. The fraction of sp³-hybridized carbons (Fsp3) is 0.556. The molecule has 1 heterocycles. The summed E-state index contributed by atoms with van der Waals surface area (Å²) in [5.41, 5.74) is 1.46. The Bertz CT molecular complexity index is 399. The van der Waals surface area contributed by atoms with Gasteiger partial charge in [0.15, 0.2) is 0 Å². The van der Waals surface area contributed by atoms with Gasteiger partial charge >= 0.3 is 0 Å². The van der Waals surface area contributed by atoms with Gasteiger partial charge in [-0.1, -0.05) is 36.3 Å². The first-order chi connectivity index (χ1) is 9.88. The summed E-state index contributed by atoms with van der Waals surface area (Å²) in [5, 5.41) is 3.42. The highest BCUT2D eigenvalue weighted by atomic mass is 15.1. The van der Waals surface area contributed by atoms with Crippen molar-refractivity contribution in [3.05, 3.63) is 35.9 Å². The Morgan fingerprint density at radius 2 is 1.90 bits per heavy atom. The summed E-state index contributed by atoms with van der Waals surface area (Å²) in [6.07, 6.45) is 11.6. The van der Waals surface area contributed by atoms with E-state index in [9.17, 15) is 0 Å². The van der Waals surface area contributed by atoms with Gasteiger partial charge in [0.05, 0.1) is 6.54 Å². The minimum absolute atomic E-state index is 0.631.